The molecule has 3 heterocycles. The molecule has 0 unspecified atom stereocenters. The van der Waals surface area contributed by atoms with E-state index in [-0.39, 0.29) is 11.5 Å². The summed E-state index contributed by atoms with van der Waals surface area (Å²) < 4.78 is 7.90. The average molecular weight is 289 g/mol. The summed E-state index contributed by atoms with van der Waals surface area (Å²) in [6, 6.07) is 0. The first kappa shape index (κ1) is 14.3. The lowest BCUT2D eigenvalue weighted by Gasteiger charge is -2.42. The minimum Gasteiger partial charge on any atom is -0.370 e. The van der Waals surface area contributed by atoms with Gasteiger partial charge in [0, 0.05) is 25.5 Å². The van der Waals surface area contributed by atoms with Crippen molar-refractivity contribution in [2.24, 2.45) is 0 Å². The number of amides is 1. The van der Waals surface area contributed by atoms with Gasteiger partial charge in [0.1, 0.15) is 12.4 Å². The van der Waals surface area contributed by atoms with Crippen molar-refractivity contribution in [1.82, 2.24) is 14.5 Å². The number of ether oxygens (including phenoxy) is 1. The van der Waals surface area contributed by atoms with Gasteiger partial charge in [-0.05, 0) is 33.1 Å². The van der Waals surface area contributed by atoms with Crippen LogP contribution in [0.4, 0.5) is 0 Å². The molecule has 21 heavy (non-hydrogen) atoms. The summed E-state index contributed by atoms with van der Waals surface area (Å²) >= 11 is 0. The van der Waals surface area contributed by atoms with E-state index in [1.165, 1.54) is 5.57 Å². The molecule has 0 radical (unpaired) electrons. The molecule has 0 aromatic carbocycles. The Morgan fingerprint density at radius 1 is 1.38 bits per heavy atom. The fourth-order valence-corrected chi connectivity index (χ4v) is 3.22. The van der Waals surface area contributed by atoms with Crippen LogP contribution in [0.2, 0.25) is 0 Å². The number of likely N-dealkylation sites (tertiary alicyclic amines) is 1. The molecule has 1 saturated heterocycles. The standard InChI is InChI=1S/C16H23N3O2/c1-13-3-10-21-16(11-13)4-7-18(8-5-16)15(20)12-19-9-6-17-14(19)2/h6,9,11H,3-5,7-8,10,12H2,1-2H3. The van der Waals surface area contributed by atoms with Crippen LogP contribution in [-0.4, -0.2) is 45.7 Å². The Morgan fingerprint density at radius 2 is 2.14 bits per heavy atom. The maximum Gasteiger partial charge on any atom is 0.242 e. The lowest BCUT2D eigenvalue weighted by molar-refractivity contribution is -0.136. The van der Waals surface area contributed by atoms with Crippen molar-refractivity contribution in [3.63, 3.8) is 0 Å². The molecular formula is C16H23N3O2. The Kier molecular flexibility index (Phi) is 3.85. The second kappa shape index (κ2) is 5.64. The molecule has 3 rings (SSSR count). The summed E-state index contributed by atoms with van der Waals surface area (Å²) in [5.74, 6) is 1.05. The molecule has 1 aromatic rings. The molecule has 2 aliphatic rings. The van der Waals surface area contributed by atoms with Crippen molar-refractivity contribution in [2.45, 2.75) is 45.3 Å². The van der Waals surface area contributed by atoms with Crippen molar-refractivity contribution in [1.29, 1.82) is 0 Å². The number of nitrogens with zero attached hydrogens (tertiary/aromatic N) is 3. The van der Waals surface area contributed by atoms with Crippen LogP contribution in [0, 0.1) is 6.92 Å². The van der Waals surface area contributed by atoms with Gasteiger partial charge in [-0.25, -0.2) is 4.98 Å². The number of piperidine rings is 1. The van der Waals surface area contributed by atoms with Crippen LogP contribution >= 0.6 is 0 Å². The van der Waals surface area contributed by atoms with Crippen LogP contribution in [0.3, 0.4) is 0 Å². The molecule has 0 bridgehead atoms. The fourth-order valence-electron chi connectivity index (χ4n) is 3.22. The van der Waals surface area contributed by atoms with Gasteiger partial charge in [-0.2, -0.15) is 0 Å². The predicted molar refractivity (Wildman–Crippen MR) is 79.8 cm³/mol. The molecule has 0 N–H and O–H groups in total. The Hall–Kier alpha value is -1.62. The number of aromatic nitrogens is 2. The van der Waals surface area contributed by atoms with Crippen LogP contribution in [0.5, 0.6) is 0 Å². The normalized spacial score (nSPS) is 21.4. The van der Waals surface area contributed by atoms with Crippen molar-refractivity contribution in [3.05, 3.63) is 29.9 Å². The van der Waals surface area contributed by atoms with Crippen molar-refractivity contribution in [3.8, 4) is 0 Å². The molecule has 1 fully saturated rings. The predicted octanol–water partition coefficient (Wildman–Crippen LogP) is 1.92. The van der Waals surface area contributed by atoms with Gasteiger partial charge in [-0.3, -0.25) is 4.79 Å². The molecule has 1 spiro atoms. The first-order valence-corrected chi connectivity index (χ1v) is 7.66. The van der Waals surface area contributed by atoms with E-state index >= 15 is 0 Å². The van der Waals surface area contributed by atoms with E-state index in [9.17, 15) is 4.79 Å². The smallest absolute Gasteiger partial charge is 0.242 e. The minimum atomic E-state index is -0.121. The van der Waals surface area contributed by atoms with E-state index in [4.69, 9.17) is 4.74 Å². The van der Waals surface area contributed by atoms with Gasteiger partial charge in [0.2, 0.25) is 5.91 Å². The summed E-state index contributed by atoms with van der Waals surface area (Å²) in [4.78, 5) is 18.5. The molecule has 0 aliphatic carbocycles. The average Bonchev–Trinajstić information content (AvgIpc) is 2.85. The topological polar surface area (TPSA) is 47.4 Å². The number of rotatable bonds is 2. The third-order valence-electron chi connectivity index (χ3n) is 4.59. The Bertz CT molecular complexity index is 554. The molecule has 1 amide bonds. The quantitative estimate of drug-likeness (QED) is 0.782. The van der Waals surface area contributed by atoms with Gasteiger partial charge in [-0.1, -0.05) is 11.6 Å². The van der Waals surface area contributed by atoms with Gasteiger partial charge in [0.15, 0.2) is 0 Å². The summed E-state index contributed by atoms with van der Waals surface area (Å²) in [5.41, 5.74) is 1.29. The third-order valence-corrected chi connectivity index (χ3v) is 4.59. The highest BCUT2D eigenvalue weighted by molar-refractivity contribution is 5.76. The maximum absolute atomic E-state index is 12.4. The lowest BCUT2D eigenvalue weighted by atomic mass is 9.87. The van der Waals surface area contributed by atoms with Gasteiger partial charge >= 0.3 is 0 Å². The van der Waals surface area contributed by atoms with Gasteiger partial charge in [-0.15, -0.1) is 0 Å². The van der Waals surface area contributed by atoms with Crippen LogP contribution < -0.4 is 0 Å². The van der Waals surface area contributed by atoms with Gasteiger partial charge in [0.25, 0.3) is 0 Å². The fraction of sp³-hybridized carbons (Fsp3) is 0.625. The zero-order chi connectivity index (χ0) is 14.9. The molecule has 2 aliphatic heterocycles. The SMILES string of the molecule is CC1=CC2(CCN(C(=O)Cn3ccnc3C)CC2)OCC1. The Labute approximate surface area is 125 Å². The Morgan fingerprint density at radius 3 is 2.76 bits per heavy atom. The zero-order valence-corrected chi connectivity index (χ0v) is 12.8. The van der Waals surface area contributed by atoms with E-state index < -0.39 is 0 Å². The number of hydrogen-bond acceptors (Lipinski definition) is 3. The van der Waals surface area contributed by atoms with Crippen molar-refractivity contribution in [2.75, 3.05) is 19.7 Å². The number of imidazole rings is 1. The number of hydrogen-bond donors (Lipinski definition) is 0. The highest BCUT2D eigenvalue weighted by Crippen LogP contribution is 2.33. The molecule has 5 heteroatoms. The number of carbonyl (C=O) groups excluding carboxylic acids is 1. The second-order valence-corrected chi connectivity index (χ2v) is 6.14. The van der Waals surface area contributed by atoms with E-state index in [1.54, 1.807) is 6.20 Å². The van der Waals surface area contributed by atoms with Crippen LogP contribution in [0.1, 0.15) is 32.0 Å². The maximum atomic E-state index is 12.4. The highest BCUT2D eigenvalue weighted by Gasteiger charge is 2.36. The van der Waals surface area contributed by atoms with E-state index in [2.05, 4.69) is 18.0 Å². The summed E-state index contributed by atoms with van der Waals surface area (Å²) in [6.07, 6.45) is 8.70. The molecule has 0 atom stereocenters. The van der Waals surface area contributed by atoms with Gasteiger partial charge in [0.05, 0.1) is 12.2 Å². The first-order valence-electron chi connectivity index (χ1n) is 7.66. The van der Waals surface area contributed by atoms with E-state index in [0.717, 1.165) is 44.8 Å². The minimum absolute atomic E-state index is 0.121. The summed E-state index contributed by atoms with van der Waals surface area (Å²) in [5, 5.41) is 0. The summed E-state index contributed by atoms with van der Waals surface area (Å²) in [6.45, 7) is 6.83. The van der Waals surface area contributed by atoms with Crippen LogP contribution in [-0.2, 0) is 16.1 Å². The molecule has 114 valence electrons. The Balaban J connectivity index is 1.59. The van der Waals surface area contributed by atoms with Crippen molar-refractivity contribution < 1.29 is 9.53 Å². The van der Waals surface area contributed by atoms with E-state index in [1.807, 2.05) is 22.6 Å². The largest absolute Gasteiger partial charge is 0.370 e. The first-order chi connectivity index (χ1) is 10.1. The monoisotopic (exact) mass is 289 g/mol. The van der Waals surface area contributed by atoms with Crippen LogP contribution in [0.25, 0.3) is 0 Å². The number of carbonyl (C=O) groups is 1. The zero-order valence-electron chi connectivity index (χ0n) is 12.8. The molecule has 1 aromatic heterocycles. The van der Waals surface area contributed by atoms with Crippen molar-refractivity contribution >= 4 is 5.91 Å². The second-order valence-electron chi connectivity index (χ2n) is 6.14. The number of aryl methyl sites for hydroxylation is 1. The third kappa shape index (κ3) is 3.02. The van der Waals surface area contributed by atoms with Crippen LogP contribution in [0.15, 0.2) is 24.0 Å². The lowest BCUT2D eigenvalue weighted by Crippen LogP contribution is -2.49. The molecular weight excluding hydrogens is 266 g/mol. The highest BCUT2D eigenvalue weighted by atomic mass is 16.5. The van der Waals surface area contributed by atoms with E-state index in [0.29, 0.717) is 6.54 Å². The molecule has 0 saturated carbocycles. The van der Waals surface area contributed by atoms with Gasteiger partial charge < -0.3 is 14.2 Å². The summed E-state index contributed by atoms with van der Waals surface area (Å²) in [7, 11) is 0. The molecule has 5 nitrogen and oxygen atoms in total.